The highest BCUT2D eigenvalue weighted by atomic mass is 16.6. The highest BCUT2D eigenvalue weighted by Crippen LogP contribution is 2.24. The minimum atomic E-state index is -0.793. The molecule has 142 valence electrons. The zero-order valence-corrected chi connectivity index (χ0v) is 16.2. The van der Waals surface area contributed by atoms with Crippen molar-refractivity contribution in [1.82, 2.24) is 0 Å². The van der Waals surface area contributed by atoms with Crippen LogP contribution in [0, 0.1) is 0 Å². The number of hydrogen-bond acceptors (Lipinski definition) is 5. The fourth-order valence-corrected chi connectivity index (χ4v) is 2.82. The molecule has 0 radical (unpaired) electrons. The van der Waals surface area contributed by atoms with Crippen molar-refractivity contribution in [2.45, 2.75) is 97.2 Å². The van der Waals surface area contributed by atoms with Gasteiger partial charge in [-0.25, -0.2) is 0 Å². The van der Waals surface area contributed by atoms with E-state index in [9.17, 15) is 9.59 Å². The number of methoxy groups -OCH3 is 1. The molecule has 0 bridgehead atoms. The molecule has 5 heteroatoms. The summed E-state index contributed by atoms with van der Waals surface area (Å²) in [4.78, 5) is 22.5. The van der Waals surface area contributed by atoms with Crippen LogP contribution in [0.4, 0.5) is 0 Å². The van der Waals surface area contributed by atoms with Crippen LogP contribution in [0.2, 0.25) is 0 Å². The summed E-state index contributed by atoms with van der Waals surface area (Å²) < 4.78 is 15.7. The molecule has 0 spiro atoms. The van der Waals surface area contributed by atoms with Crippen LogP contribution in [0.3, 0.4) is 0 Å². The molecule has 0 aliphatic carbocycles. The predicted octanol–water partition coefficient (Wildman–Crippen LogP) is 4.42. The van der Waals surface area contributed by atoms with Gasteiger partial charge in [-0.1, -0.05) is 38.5 Å². The average molecular weight is 344 g/mol. The van der Waals surface area contributed by atoms with Crippen molar-refractivity contribution in [3.8, 4) is 0 Å². The Morgan fingerprint density at radius 1 is 0.833 bits per heavy atom. The average Bonchev–Trinajstić information content (AvgIpc) is 2.46. The molecule has 1 unspecified atom stereocenters. The highest BCUT2D eigenvalue weighted by Gasteiger charge is 2.34. The van der Waals surface area contributed by atoms with E-state index in [0.717, 1.165) is 25.9 Å². The molecule has 0 saturated carbocycles. The van der Waals surface area contributed by atoms with E-state index < -0.39 is 11.7 Å². The minimum absolute atomic E-state index is 0.337. The summed E-state index contributed by atoms with van der Waals surface area (Å²) in [7, 11) is 1.74. The van der Waals surface area contributed by atoms with Crippen LogP contribution in [0.5, 0.6) is 0 Å². The van der Waals surface area contributed by atoms with E-state index in [-0.39, 0.29) is 11.9 Å². The molecule has 0 aliphatic rings. The largest absolute Gasteiger partial charge is 0.458 e. The van der Waals surface area contributed by atoms with Gasteiger partial charge in [0.2, 0.25) is 0 Å². The quantitative estimate of drug-likeness (QED) is 0.345. The fourth-order valence-electron chi connectivity index (χ4n) is 2.82. The Hall–Kier alpha value is -1.10. The van der Waals surface area contributed by atoms with Gasteiger partial charge < -0.3 is 14.2 Å². The maximum Gasteiger partial charge on any atom is 0.303 e. The molecule has 0 aromatic carbocycles. The maximum atomic E-state index is 11.3. The lowest BCUT2D eigenvalue weighted by atomic mass is 9.95. The van der Waals surface area contributed by atoms with E-state index >= 15 is 0 Å². The molecule has 0 aromatic rings. The Morgan fingerprint density at radius 2 is 1.33 bits per heavy atom. The molecule has 0 aromatic heterocycles. The summed E-state index contributed by atoms with van der Waals surface area (Å²) in [5.74, 6) is -0.693. The van der Waals surface area contributed by atoms with Crippen molar-refractivity contribution in [2.24, 2.45) is 0 Å². The van der Waals surface area contributed by atoms with Crippen LogP contribution < -0.4 is 0 Å². The van der Waals surface area contributed by atoms with Crippen LogP contribution in [-0.2, 0) is 23.8 Å². The van der Waals surface area contributed by atoms with Gasteiger partial charge in [-0.3, -0.25) is 9.59 Å². The van der Waals surface area contributed by atoms with Crippen molar-refractivity contribution < 1.29 is 23.8 Å². The second kappa shape index (κ2) is 13.2. The summed E-state index contributed by atoms with van der Waals surface area (Å²) in [5.41, 5.74) is -0.793. The normalized spacial score (nSPS) is 12.7. The predicted molar refractivity (Wildman–Crippen MR) is 94.8 cm³/mol. The molecule has 0 saturated heterocycles. The molecule has 0 N–H and O–H groups in total. The van der Waals surface area contributed by atoms with Gasteiger partial charge in [-0.05, 0) is 33.1 Å². The highest BCUT2D eigenvalue weighted by molar-refractivity contribution is 5.67. The van der Waals surface area contributed by atoms with Gasteiger partial charge >= 0.3 is 11.9 Å². The minimum Gasteiger partial charge on any atom is -0.458 e. The number of rotatable bonds is 14. The van der Waals surface area contributed by atoms with Crippen LogP contribution >= 0.6 is 0 Å². The SMILES string of the molecule is COCCCCCCCCCCC(OC(C)=O)C(C)(C)OC(C)=O. The molecule has 0 rings (SSSR count). The van der Waals surface area contributed by atoms with Crippen molar-refractivity contribution in [3.05, 3.63) is 0 Å². The summed E-state index contributed by atoms with van der Waals surface area (Å²) in [6, 6.07) is 0. The van der Waals surface area contributed by atoms with Gasteiger partial charge in [0.15, 0.2) is 0 Å². The summed E-state index contributed by atoms with van der Waals surface area (Å²) in [6.07, 6.45) is 9.71. The molecular formula is C19H36O5. The lowest BCUT2D eigenvalue weighted by molar-refractivity contribution is -0.179. The first kappa shape index (κ1) is 22.9. The zero-order chi connectivity index (χ0) is 18.4. The Labute approximate surface area is 147 Å². The summed E-state index contributed by atoms with van der Waals surface area (Å²) >= 11 is 0. The van der Waals surface area contributed by atoms with Crippen molar-refractivity contribution in [3.63, 3.8) is 0 Å². The van der Waals surface area contributed by atoms with Gasteiger partial charge in [0.1, 0.15) is 11.7 Å². The van der Waals surface area contributed by atoms with Crippen LogP contribution in [0.15, 0.2) is 0 Å². The molecule has 1 atom stereocenters. The molecule has 5 nitrogen and oxygen atoms in total. The smallest absolute Gasteiger partial charge is 0.303 e. The van der Waals surface area contributed by atoms with Gasteiger partial charge in [-0.15, -0.1) is 0 Å². The number of carbonyl (C=O) groups is 2. The van der Waals surface area contributed by atoms with E-state index in [1.165, 1.54) is 46.0 Å². The topological polar surface area (TPSA) is 61.8 Å². The van der Waals surface area contributed by atoms with E-state index in [1.54, 1.807) is 21.0 Å². The Balaban J connectivity index is 3.95. The van der Waals surface area contributed by atoms with E-state index in [4.69, 9.17) is 14.2 Å². The monoisotopic (exact) mass is 344 g/mol. The first-order chi connectivity index (χ1) is 11.3. The Kier molecular flexibility index (Phi) is 12.6. The lowest BCUT2D eigenvalue weighted by Crippen LogP contribution is -2.43. The van der Waals surface area contributed by atoms with Gasteiger partial charge in [0.25, 0.3) is 0 Å². The molecule has 0 amide bonds. The zero-order valence-electron chi connectivity index (χ0n) is 16.2. The Morgan fingerprint density at radius 3 is 1.79 bits per heavy atom. The van der Waals surface area contributed by atoms with Gasteiger partial charge in [0.05, 0.1) is 0 Å². The van der Waals surface area contributed by atoms with E-state index in [0.29, 0.717) is 6.42 Å². The molecule has 0 fully saturated rings. The third-order valence-corrected chi connectivity index (χ3v) is 4.06. The fraction of sp³-hybridized carbons (Fsp3) is 0.895. The van der Waals surface area contributed by atoms with Crippen LogP contribution in [0.25, 0.3) is 0 Å². The first-order valence-electron chi connectivity index (χ1n) is 9.15. The number of ether oxygens (including phenoxy) is 3. The van der Waals surface area contributed by atoms with Crippen molar-refractivity contribution >= 4 is 11.9 Å². The standard InChI is InChI=1S/C19H36O5/c1-16(20)23-18(19(3,4)24-17(2)21)14-12-10-8-6-7-9-11-13-15-22-5/h18H,6-15H2,1-5H3. The second-order valence-corrected chi connectivity index (χ2v) is 6.91. The van der Waals surface area contributed by atoms with Crippen LogP contribution in [0.1, 0.15) is 85.5 Å². The molecule has 0 heterocycles. The number of carbonyl (C=O) groups excluding carboxylic acids is 2. The van der Waals surface area contributed by atoms with Gasteiger partial charge in [-0.2, -0.15) is 0 Å². The number of hydrogen-bond donors (Lipinski definition) is 0. The lowest BCUT2D eigenvalue weighted by Gasteiger charge is -2.33. The molecule has 0 aliphatic heterocycles. The van der Waals surface area contributed by atoms with Gasteiger partial charge in [0, 0.05) is 27.6 Å². The van der Waals surface area contributed by atoms with E-state index in [2.05, 4.69) is 0 Å². The summed E-state index contributed by atoms with van der Waals surface area (Å²) in [5, 5.41) is 0. The van der Waals surface area contributed by atoms with Crippen LogP contribution in [-0.4, -0.2) is 37.4 Å². The third-order valence-electron chi connectivity index (χ3n) is 4.06. The number of esters is 2. The second-order valence-electron chi connectivity index (χ2n) is 6.91. The summed E-state index contributed by atoms with van der Waals surface area (Å²) in [6.45, 7) is 7.21. The van der Waals surface area contributed by atoms with E-state index in [1.807, 2.05) is 0 Å². The van der Waals surface area contributed by atoms with Crippen molar-refractivity contribution in [2.75, 3.05) is 13.7 Å². The first-order valence-corrected chi connectivity index (χ1v) is 9.15. The number of unbranched alkanes of at least 4 members (excludes halogenated alkanes) is 7. The molecule has 24 heavy (non-hydrogen) atoms. The Bertz CT molecular complexity index is 352. The van der Waals surface area contributed by atoms with Crippen molar-refractivity contribution in [1.29, 1.82) is 0 Å². The third kappa shape index (κ3) is 12.3. The molecular weight excluding hydrogens is 308 g/mol. The maximum absolute atomic E-state index is 11.3.